The number of fused-ring (bicyclic) bond motifs is 4. The van der Waals surface area contributed by atoms with Gasteiger partial charge < -0.3 is 14.8 Å². The summed E-state index contributed by atoms with van der Waals surface area (Å²) in [6, 6.07) is 10.4. The van der Waals surface area contributed by atoms with E-state index in [0.717, 1.165) is 29.2 Å². The summed E-state index contributed by atoms with van der Waals surface area (Å²) in [5, 5.41) is 3.74. The minimum absolute atomic E-state index is 0.111. The number of anilines is 1. The van der Waals surface area contributed by atoms with Gasteiger partial charge in [-0.2, -0.15) is 0 Å². The predicted molar refractivity (Wildman–Crippen MR) is 100 cm³/mol. The molecule has 2 aliphatic heterocycles. The van der Waals surface area contributed by atoms with Gasteiger partial charge in [-0.1, -0.05) is 12.2 Å². The molecule has 2 aromatic rings. The molecule has 3 atom stereocenters. The third kappa shape index (κ3) is 2.25. The van der Waals surface area contributed by atoms with E-state index in [-0.39, 0.29) is 11.8 Å². The van der Waals surface area contributed by atoms with Crippen LogP contribution in [0.25, 0.3) is 0 Å². The zero-order chi connectivity index (χ0) is 17.8. The standard InChI is InChI=1S/C22H21NO3/c1-12-8-20-21(26-11-25-20)10-17(12)22-16-5-3-4-15(16)18-9-14(13(2)24)6-7-19(18)23-22/h3-4,6-10,15-16,22-23H,5,11H2,1-2H3. The molecule has 2 aromatic carbocycles. The highest BCUT2D eigenvalue weighted by Crippen LogP contribution is 2.51. The quantitative estimate of drug-likeness (QED) is 0.629. The van der Waals surface area contributed by atoms with Crippen LogP contribution in [0, 0.1) is 12.8 Å². The number of Topliss-reactive ketones (excluding diaryl/α,β-unsaturated/α-hetero) is 1. The van der Waals surface area contributed by atoms with Crippen LogP contribution in [0.5, 0.6) is 11.5 Å². The zero-order valence-corrected chi connectivity index (χ0v) is 14.9. The van der Waals surface area contributed by atoms with Crippen LogP contribution in [-0.2, 0) is 0 Å². The molecule has 26 heavy (non-hydrogen) atoms. The fourth-order valence-corrected chi connectivity index (χ4v) is 4.52. The number of benzene rings is 2. The SMILES string of the molecule is CC(=O)c1ccc2c(c1)C1C=CCC1C(c1cc3c(cc1C)OCO3)N2. The number of aryl methyl sites for hydroxylation is 1. The Morgan fingerprint density at radius 3 is 2.73 bits per heavy atom. The Morgan fingerprint density at radius 2 is 1.92 bits per heavy atom. The first-order valence-electron chi connectivity index (χ1n) is 9.10. The Balaban J connectivity index is 1.59. The van der Waals surface area contributed by atoms with Crippen molar-refractivity contribution in [3.63, 3.8) is 0 Å². The Kier molecular flexibility index (Phi) is 3.36. The van der Waals surface area contributed by atoms with Crippen molar-refractivity contribution in [3.8, 4) is 11.5 Å². The molecule has 5 rings (SSSR count). The van der Waals surface area contributed by atoms with E-state index in [9.17, 15) is 4.79 Å². The highest BCUT2D eigenvalue weighted by Gasteiger charge is 2.39. The third-order valence-electron chi connectivity index (χ3n) is 5.87. The Hall–Kier alpha value is -2.75. The van der Waals surface area contributed by atoms with Crippen LogP contribution in [0.4, 0.5) is 5.69 Å². The lowest BCUT2D eigenvalue weighted by molar-refractivity contribution is 0.101. The second kappa shape index (κ2) is 5.63. The van der Waals surface area contributed by atoms with Crippen LogP contribution in [0.15, 0.2) is 42.5 Å². The van der Waals surface area contributed by atoms with Gasteiger partial charge in [0.2, 0.25) is 6.79 Å². The fraction of sp³-hybridized carbons (Fsp3) is 0.318. The van der Waals surface area contributed by atoms with Gasteiger partial charge in [0.05, 0.1) is 6.04 Å². The molecule has 4 nitrogen and oxygen atoms in total. The lowest BCUT2D eigenvalue weighted by atomic mass is 9.75. The summed E-state index contributed by atoms with van der Waals surface area (Å²) in [7, 11) is 0. The molecule has 0 saturated carbocycles. The third-order valence-corrected chi connectivity index (χ3v) is 5.87. The average Bonchev–Trinajstić information content (AvgIpc) is 3.29. The molecule has 0 amide bonds. The molecule has 0 spiro atoms. The van der Waals surface area contributed by atoms with Crippen LogP contribution in [0.3, 0.4) is 0 Å². The lowest BCUT2D eigenvalue weighted by Crippen LogP contribution is -2.29. The number of ketones is 1. The Labute approximate surface area is 152 Å². The van der Waals surface area contributed by atoms with E-state index in [4.69, 9.17) is 9.47 Å². The number of rotatable bonds is 2. The van der Waals surface area contributed by atoms with Crippen molar-refractivity contribution in [3.05, 3.63) is 64.7 Å². The van der Waals surface area contributed by atoms with E-state index >= 15 is 0 Å². The molecule has 0 bridgehead atoms. The van der Waals surface area contributed by atoms with Crippen LogP contribution in [0.2, 0.25) is 0 Å². The monoisotopic (exact) mass is 347 g/mol. The fourth-order valence-electron chi connectivity index (χ4n) is 4.52. The minimum Gasteiger partial charge on any atom is -0.454 e. The smallest absolute Gasteiger partial charge is 0.231 e. The number of hydrogen-bond acceptors (Lipinski definition) is 4. The molecular formula is C22H21NO3. The lowest BCUT2D eigenvalue weighted by Gasteiger charge is -2.38. The number of carbonyl (C=O) groups is 1. The molecule has 3 unspecified atom stereocenters. The van der Waals surface area contributed by atoms with Crippen molar-refractivity contribution >= 4 is 11.5 Å². The van der Waals surface area contributed by atoms with Crippen LogP contribution in [-0.4, -0.2) is 12.6 Å². The first-order valence-corrected chi connectivity index (χ1v) is 9.10. The van der Waals surface area contributed by atoms with E-state index in [2.05, 4.69) is 42.6 Å². The largest absolute Gasteiger partial charge is 0.454 e. The van der Waals surface area contributed by atoms with Crippen LogP contribution < -0.4 is 14.8 Å². The Bertz CT molecular complexity index is 947. The molecule has 4 heteroatoms. The molecular weight excluding hydrogens is 326 g/mol. The second-order valence-electron chi connectivity index (χ2n) is 7.40. The van der Waals surface area contributed by atoms with E-state index in [1.165, 1.54) is 16.7 Å². The predicted octanol–water partition coefficient (Wildman–Crippen LogP) is 4.75. The first kappa shape index (κ1) is 15.5. The normalized spacial score (nSPS) is 24.8. The van der Waals surface area contributed by atoms with Gasteiger partial charge in [0, 0.05) is 17.2 Å². The Morgan fingerprint density at radius 1 is 1.12 bits per heavy atom. The number of ether oxygens (including phenoxy) is 2. The van der Waals surface area contributed by atoms with E-state index in [1.54, 1.807) is 6.92 Å². The molecule has 0 radical (unpaired) electrons. The van der Waals surface area contributed by atoms with Gasteiger partial charge in [0.15, 0.2) is 17.3 Å². The van der Waals surface area contributed by atoms with Crippen LogP contribution >= 0.6 is 0 Å². The number of carbonyl (C=O) groups excluding carboxylic acids is 1. The maximum atomic E-state index is 11.8. The van der Waals surface area contributed by atoms with Gasteiger partial charge in [-0.15, -0.1) is 0 Å². The first-order chi connectivity index (χ1) is 12.6. The molecule has 1 aliphatic carbocycles. The number of allylic oxidation sites excluding steroid dienone is 2. The van der Waals surface area contributed by atoms with Crippen molar-refractivity contribution in [2.24, 2.45) is 5.92 Å². The van der Waals surface area contributed by atoms with Crippen molar-refractivity contribution in [2.45, 2.75) is 32.2 Å². The van der Waals surface area contributed by atoms with Crippen LogP contribution in [0.1, 0.15) is 52.4 Å². The molecule has 2 heterocycles. The molecule has 0 aromatic heterocycles. The summed E-state index contributed by atoms with van der Waals surface area (Å²) in [5.41, 5.74) is 5.59. The number of hydrogen-bond donors (Lipinski definition) is 1. The van der Waals surface area contributed by atoms with Gasteiger partial charge in [0.25, 0.3) is 0 Å². The second-order valence-corrected chi connectivity index (χ2v) is 7.40. The summed E-state index contributed by atoms with van der Waals surface area (Å²) >= 11 is 0. The summed E-state index contributed by atoms with van der Waals surface area (Å²) < 4.78 is 11.1. The van der Waals surface area contributed by atoms with Crippen molar-refractivity contribution in [1.29, 1.82) is 0 Å². The zero-order valence-electron chi connectivity index (χ0n) is 14.9. The van der Waals surface area contributed by atoms with Gasteiger partial charge in [0.1, 0.15) is 0 Å². The van der Waals surface area contributed by atoms with Gasteiger partial charge in [-0.05, 0) is 73.2 Å². The van der Waals surface area contributed by atoms with E-state index in [0.29, 0.717) is 18.6 Å². The highest BCUT2D eigenvalue weighted by molar-refractivity contribution is 5.95. The van der Waals surface area contributed by atoms with Gasteiger partial charge in [-0.3, -0.25) is 4.79 Å². The van der Waals surface area contributed by atoms with Gasteiger partial charge >= 0.3 is 0 Å². The minimum atomic E-state index is 0.111. The molecule has 132 valence electrons. The van der Waals surface area contributed by atoms with Gasteiger partial charge in [-0.25, -0.2) is 0 Å². The summed E-state index contributed by atoms with van der Waals surface area (Å²) in [6.07, 6.45) is 5.59. The maximum absolute atomic E-state index is 11.8. The summed E-state index contributed by atoms with van der Waals surface area (Å²) in [4.78, 5) is 11.8. The molecule has 0 saturated heterocycles. The molecule has 0 fully saturated rings. The highest BCUT2D eigenvalue weighted by atomic mass is 16.7. The number of nitrogens with one attached hydrogen (secondary N) is 1. The average molecular weight is 347 g/mol. The maximum Gasteiger partial charge on any atom is 0.231 e. The van der Waals surface area contributed by atoms with E-state index < -0.39 is 0 Å². The van der Waals surface area contributed by atoms with Crippen molar-refractivity contribution in [1.82, 2.24) is 0 Å². The van der Waals surface area contributed by atoms with Crippen molar-refractivity contribution < 1.29 is 14.3 Å². The summed E-state index contributed by atoms with van der Waals surface area (Å²) in [5.74, 6) is 2.53. The molecule has 3 aliphatic rings. The summed E-state index contributed by atoms with van der Waals surface area (Å²) in [6.45, 7) is 4.05. The van der Waals surface area contributed by atoms with E-state index in [1.807, 2.05) is 12.1 Å². The van der Waals surface area contributed by atoms with Crippen molar-refractivity contribution in [2.75, 3.05) is 12.1 Å². The topological polar surface area (TPSA) is 47.6 Å². The molecule has 1 N–H and O–H groups in total.